The first kappa shape index (κ1) is 22.1. The fourth-order valence-electron chi connectivity index (χ4n) is 3.49. The standard InChI is InChI=1S/C23H19N3O6S2/c1-13(21(28)25-14-4-5-16-17(9-14)31-7-6-30-16)32-19(27)10-26-12-24-22-20(23(26)29)15(11-34-22)18-3-2-8-33-18/h2-5,8-9,11-13H,6-7,10H2,1H3,(H,25,28). The SMILES string of the molecule is CC(OC(=O)Cn1cnc2scc(-c3cccs3)c2c1=O)C(=O)Nc1ccc2c(c1)OCCO2. The van der Waals surface area contributed by atoms with Gasteiger partial charge in [0.25, 0.3) is 11.5 Å². The lowest BCUT2D eigenvalue weighted by molar-refractivity contribution is -0.153. The fourth-order valence-corrected chi connectivity index (χ4v) is 5.21. The predicted octanol–water partition coefficient (Wildman–Crippen LogP) is 3.53. The maximum absolute atomic E-state index is 13.0. The first-order valence-electron chi connectivity index (χ1n) is 10.4. The van der Waals surface area contributed by atoms with Gasteiger partial charge < -0.3 is 19.5 Å². The molecule has 1 unspecified atom stereocenters. The van der Waals surface area contributed by atoms with Crippen LogP contribution in [0.4, 0.5) is 5.69 Å². The number of aromatic nitrogens is 2. The largest absolute Gasteiger partial charge is 0.486 e. The van der Waals surface area contributed by atoms with Crippen molar-refractivity contribution >= 4 is 50.5 Å². The molecular formula is C23H19N3O6S2. The van der Waals surface area contributed by atoms with E-state index < -0.39 is 18.0 Å². The molecule has 9 nitrogen and oxygen atoms in total. The molecule has 1 amide bonds. The second-order valence-electron chi connectivity index (χ2n) is 7.46. The van der Waals surface area contributed by atoms with Crippen molar-refractivity contribution < 1.29 is 23.8 Å². The number of rotatable bonds is 6. The maximum Gasteiger partial charge on any atom is 0.326 e. The lowest BCUT2D eigenvalue weighted by atomic mass is 10.2. The summed E-state index contributed by atoms with van der Waals surface area (Å²) in [5, 5.41) is 6.97. The molecule has 4 aromatic rings. The Morgan fingerprint density at radius 2 is 2.03 bits per heavy atom. The Bertz CT molecular complexity index is 1430. The minimum atomic E-state index is -1.07. The maximum atomic E-state index is 13.0. The minimum absolute atomic E-state index is 0.333. The van der Waals surface area contributed by atoms with Crippen molar-refractivity contribution in [3.8, 4) is 21.9 Å². The van der Waals surface area contributed by atoms with E-state index in [1.807, 2.05) is 22.9 Å². The lowest BCUT2D eigenvalue weighted by Crippen LogP contribution is -2.33. The van der Waals surface area contributed by atoms with Gasteiger partial charge in [-0.05, 0) is 30.5 Å². The Labute approximate surface area is 201 Å². The van der Waals surface area contributed by atoms with Gasteiger partial charge in [0.2, 0.25) is 0 Å². The van der Waals surface area contributed by atoms with Gasteiger partial charge in [0.1, 0.15) is 24.6 Å². The first-order chi connectivity index (χ1) is 16.5. The molecule has 4 heterocycles. The molecule has 1 N–H and O–H groups in total. The Kier molecular flexibility index (Phi) is 6.03. The third-order valence-corrected chi connectivity index (χ3v) is 6.92. The van der Waals surface area contributed by atoms with Crippen LogP contribution >= 0.6 is 22.7 Å². The number of carbonyl (C=O) groups is 2. The zero-order chi connectivity index (χ0) is 23.7. The fraction of sp³-hybridized carbons (Fsp3) is 0.217. The highest BCUT2D eigenvalue weighted by Crippen LogP contribution is 2.34. The number of benzene rings is 1. The van der Waals surface area contributed by atoms with Gasteiger partial charge in [-0.1, -0.05) is 6.07 Å². The molecule has 174 valence electrons. The average molecular weight is 498 g/mol. The predicted molar refractivity (Wildman–Crippen MR) is 129 cm³/mol. The Balaban J connectivity index is 1.26. The van der Waals surface area contributed by atoms with Crippen LogP contribution in [0.5, 0.6) is 11.5 Å². The van der Waals surface area contributed by atoms with Crippen LogP contribution in [-0.2, 0) is 20.9 Å². The summed E-state index contributed by atoms with van der Waals surface area (Å²) in [6.07, 6.45) is 0.247. The highest BCUT2D eigenvalue weighted by atomic mass is 32.1. The number of anilines is 1. The molecule has 3 aromatic heterocycles. The van der Waals surface area contributed by atoms with Gasteiger partial charge >= 0.3 is 5.97 Å². The summed E-state index contributed by atoms with van der Waals surface area (Å²) < 4.78 is 17.4. The van der Waals surface area contributed by atoms with E-state index >= 15 is 0 Å². The van der Waals surface area contributed by atoms with Crippen molar-refractivity contribution in [2.75, 3.05) is 18.5 Å². The molecule has 0 fully saturated rings. The van der Waals surface area contributed by atoms with Crippen molar-refractivity contribution in [3.05, 3.63) is 57.8 Å². The van der Waals surface area contributed by atoms with Gasteiger partial charge in [-0.2, -0.15) is 0 Å². The molecule has 0 aliphatic carbocycles. The van der Waals surface area contributed by atoms with Gasteiger partial charge in [0.15, 0.2) is 17.6 Å². The molecule has 1 atom stereocenters. The van der Waals surface area contributed by atoms with E-state index in [0.29, 0.717) is 40.6 Å². The van der Waals surface area contributed by atoms with E-state index in [4.69, 9.17) is 14.2 Å². The molecule has 0 bridgehead atoms. The zero-order valence-corrected chi connectivity index (χ0v) is 19.6. The number of ether oxygens (including phenoxy) is 3. The Morgan fingerprint density at radius 3 is 2.82 bits per heavy atom. The highest BCUT2D eigenvalue weighted by Gasteiger charge is 2.21. The molecule has 1 aliphatic rings. The van der Waals surface area contributed by atoms with E-state index in [1.54, 1.807) is 18.2 Å². The molecule has 11 heteroatoms. The smallest absolute Gasteiger partial charge is 0.326 e. The first-order valence-corrected chi connectivity index (χ1v) is 12.2. The van der Waals surface area contributed by atoms with Gasteiger partial charge in [-0.25, -0.2) is 4.98 Å². The molecule has 34 heavy (non-hydrogen) atoms. The van der Waals surface area contributed by atoms with Crippen LogP contribution < -0.4 is 20.3 Å². The van der Waals surface area contributed by atoms with E-state index in [2.05, 4.69) is 10.3 Å². The monoisotopic (exact) mass is 497 g/mol. The van der Waals surface area contributed by atoms with Gasteiger partial charge in [0, 0.05) is 27.6 Å². The number of fused-ring (bicyclic) bond motifs is 2. The van der Waals surface area contributed by atoms with Crippen LogP contribution in [0.25, 0.3) is 20.7 Å². The van der Waals surface area contributed by atoms with Gasteiger partial charge in [0.05, 0.1) is 11.7 Å². The number of hydrogen-bond acceptors (Lipinski definition) is 9. The third kappa shape index (κ3) is 4.39. The summed E-state index contributed by atoms with van der Waals surface area (Å²) in [5.74, 6) is -0.0938. The van der Waals surface area contributed by atoms with Gasteiger partial charge in [-0.15, -0.1) is 22.7 Å². The van der Waals surface area contributed by atoms with E-state index in [1.165, 1.54) is 40.5 Å². The van der Waals surface area contributed by atoms with E-state index in [9.17, 15) is 14.4 Å². The molecule has 1 aliphatic heterocycles. The second-order valence-corrected chi connectivity index (χ2v) is 9.27. The van der Waals surface area contributed by atoms with Crippen LogP contribution in [-0.4, -0.2) is 40.7 Å². The molecule has 1 aromatic carbocycles. The van der Waals surface area contributed by atoms with Crippen molar-refractivity contribution in [2.24, 2.45) is 0 Å². The zero-order valence-electron chi connectivity index (χ0n) is 18.0. The van der Waals surface area contributed by atoms with Crippen LogP contribution in [0.1, 0.15) is 6.92 Å². The van der Waals surface area contributed by atoms with Crippen molar-refractivity contribution in [1.82, 2.24) is 9.55 Å². The van der Waals surface area contributed by atoms with Crippen molar-refractivity contribution in [3.63, 3.8) is 0 Å². The highest BCUT2D eigenvalue weighted by molar-refractivity contribution is 7.18. The summed E-state index contributed by atoms with van der Waals surface area (Å²) >= 11 is 2.90. The molecule has 5 rings (SSSR count). The van der Waals surface area contributed by atoms with Crippen LogP contribution in [0.15, 0.2) is 52.2 Å². The molecule has 0 spiro atoms. The Morgan fingerprint density at radius 1 is 1.21 bits per heavy atom. The number of carbonyl (C=O) groups excluding carboxylic acids is 2. The van der Waals surface area contributed by atoms with Crippen LogP contribution in [0.2, 0.25) is 0 Å². The topological polar surface area (TPSA) is 109 Å². The van der Waals surface area contributed by atoms with Crippen LogP contribution in [0.3, 0.4) is 0 Å². The minimum Gasteiger partial charge on any atom is -0.486 e. The van der Waals surface area contributed by atoms with E-state index in [-0.39, 0.29) is 12.1 Å². The summed E-state index contributed by atoms with van der Waals surface area (Å²) in [5.41, 5.74) is 0.948. The Hall–Kier alpha value is -3.70. The molecule has 0 saturated heterocycles. The number of nitrogens with zero attached hydrogens (tertiary/aromatic N) is 2. The van der Waals surface area contributed by atoms with E-state index in [0.717, 1.165) is 10.4 Å². The quantitative estimate of drug-likeness (QED) is 0.406. The van der Waals surface area contributed by atoms with Gasteiger partial charge in [-0.3, -0.25) is 19.0 Å². The number of hydrogen-bond donors (Lipinski definition) is 1. The molecular weight excluding hydrogens is 478 g/mol. The number of thiophene rings is 2. The number of esters is 1. The van der Waals surface area contributed by atoms with Crippen molar-refractivity contribution in [2.45, 2.75) is 19.6 Å². The third-order valence-electron chi connectivity index (χ3n) is 5.13. The molecule has 0 saturated carbocycles. The summed E-state index contributed by atoms with van der Waals surface area (Å²) in [7, 11) is 0. The normalized spacial score (nSPS) is 13.4. The van der Waals surface area contributed by atoms with Crippen molar-refractivity contribution in [1.29, 1.82) is 0 Å². The summed E-state index contributed by atoms with van der Waals surface area (Å²) in [4.78, 5) is 43.9. The number of amides is 1. The average Bonchev–Trinajstić information content (AvgIpc) is 3.51. The number of nitrogens with one attached hydrogen (secondary N) is 1. The second kappa shape index (κ2) is 9.27. The summed E-state index contributed by atoms with van der Waals surface area (Å²) in [6, 6.07) is 8.86. The molecule has 0 radical (unpaired) electrons. The van der Waals surface area contributed by atoms with Crippen LogP contribution in [0, 0.1) is 0 Å². The summed E-state index contributed by atoms with van der Waals surface area (Å²) in [6.45, 7) is 2.00. The lowest BCUT2D eigenvalue weighted by Gasteiger charge is -2.19.